The van der Waals surface area contributed by atoms with Crippen molar-refractivity contribution in [2.24, 2.45) is 0 Å². The minimum Gasteiger partial charge on any atom is -0.303 e. The first kappa shape index (κ1) is 10.2. The van der Waals surface area contributed by atoms with Crippen LogP contribution in [-0.2, 0) is 0 Å². The van der Waals surface area contributed by atoms with E-state index >= 15 is 0 Å². The van der Waals surface area contributed by atoms with Gasteiger partial charge in [0.05, 0.1) is 6.04 Å². The van der Waals surface area contributed by atoms with Crippen molar-refractivity contribution in [2.75, 3.05) is 7.05 Å². The zero-order chi connectivity index (χ0) is 9.84. The van der Waals surface area contributed by atoms with E-state index in [2.05, 4.69) is 27.2 Å². The van der Waals surface area contributed by atoms with Gasteiger partial charge in [-0.05, 0) is 24.7 Å². The van der Waals surface area contributed by atoms with Crippen LogP contribution in [0.3, 0.4) is 0 Å². The Bertz CT molecular complexity index is 343. The molecule has 0 saturated carbocycles. The molecular weight excluding hydrogens is 233 g/mol. The number of rotatable bonds is 2. The molecule has 1 nitrogen and oxygen atoms in total. The van der Waals surface area contributed by atoms with Crippen LogP contribution < -0.4 is 5.32 Å². The smallest absolute Gasteiger partial charge is 0.124 e. The van der Waals surface area contributed by atoms with Gasteiger partial charge < -0.3 is 5.32 Å². The van der Waals surface area contributed by atoms with Gasteiger partial charge in [0.1, 0.15) is 5.82 Å². The summed E-state index contributed by atoms with van der Waals surface area (Å²) < 4.78 is 13.4. The van der Waals surface area contributed by atoms with E-state index in [4.69, 9.17) is 6.42 Å². The third kappa shape index (κ3) is 2.30. The topological polar surface area (TPSA) is 12.0 Å². The summed E-state index contributed by atoms with van der Waals surface area (Å²) in [6.45, 7) is 0. The molecule has 1 aromatic rings. The van der Waals surface area contributed by atoms with Gasteiger partial charge in [-0.1, -0.05) is 27.9 Å². The maximum Gasteiger partial charge on any atom is 0.124 e. The van der Waals surface area contributed by atoms with Gasteiger partial charge in [-0.2, -0.15) is 0 Å². The molecule has 0 spiro atoms. The Morgan fingerprint density at radius 1 is 1.62 bits per heavy atom. The summed E-state index contributed by atoms with van der Waals surface area (Å²) in [5.74, 6) is 2.29. The van der Waals surface area contributed by atoms with Crippen LogP contribution in [0.1, 0.15) is 11.6 Å². The lowest BCUT2D eigenvalue weighted by molar-refractivity contribution is 0.623. The van der Waals surface area contributed by atoms with Crippen molar-refractivity contribution in [1.29, 1.82) is 0 Å². The van der Waals surface area contributed by atoms with Crippen molar-refractivity contribution in [3.8, 4) is 12.3 Å². The van der Waals surface area contributed by atoms with Gasteiger partial charge in [-0.3, -0.25) is 0 Å². The lowest BCUT2D eigenvalue weighted by Gasteiger charge is -2.11. The highest BCUT2D eigenvalue weighted by molar-refractivity contribution is 9.10. The zero-order valence-corrected chi connectivity index (χ0v) is 8.73. The summed E-state index contributed by atoms with van der Waals surface area (Å²) in [6, 6.07) is 4.27. The molecule has 3 heteroatoms. The molecule has 1 rings (SSSR count). The standard InChI is InChI=1S/C10H9BrFN/c1-3-10(13-2)8-5-4-7(12)6-9(8)11/h1,4-6,10,13H,2H3. The van der Waals surface area contributed by atoms with Crippen LogP contribution in [-0.4, -0.2) is 7.05 Å². The molecule has 1 N–H and O–H groups in total. The van der Waals surface area contributed by atoms with E-state index in [0.717, 1.165) is 5.56 Å². The molecule has 1 atom stereocenters. The average molecular weight is 242 g/mol. The second-order valence-electron chi connectivity index (χ2n) is 2.55. The first-order chi connectivity index (χ1) is 6.19. The molecule has 0 heterocycles. The molecule has 0 aliphatic carbocycles. The van der Waals surface area contributed by atoms with Gasteiger partial charge in [0.2, 0.25) is 0 Å². The second-order valence-corrected chi connectivity index (χ2v) is 3.41. The highest BCUT2D eigenvalue weighted by Crippen LogP contribution is 2.23. The molecule has 1 unspecified atom stereocenters. The number of benzene rings is 1. The van der Waals surface area contributed by atoms with Crippen molar-refractivity contribution < 1.29 is 4.39 Å². The molecule has 0 saturated heterocycles. The van der Waals surface area contributed by atoms with Gasteiger partial charge in [0.15, 0.2) is 0 Å². The molecule has 0 radical (unpaired) electrons. The quantitative estimate of drug-likeness (QED) is 0.785. The molecule has 1 aromatic carbocycles. The van der Waals surface area contributed by atoms with Gasteiger partial charge in [0.25, 0.3) is 0 Å². The summed E-state index contributed by atoms with van der Waals surface area (Å²) in [4.78, 5) is 0. The number of halogens is 2. The highest BCUT2D eigenvalue weighted by atomic mass is 79.9. The third-order valence-corrected chi connectivity index (χ3v) is 2.42. The Kier molecular flexibility index (Phi) is 3.47. The highest BCUT2D eigenvalue weighted by Gasteiger charge is 2.09. The van der Waals surface area contributed by atoms with Crippen LogP contribution >= 0.6 is 15.9 Å². The molecular formula is C10H9BrFN. The van der Waals surface area contributed by atoms with Crippen LogP contribution in [0, 0.1) is 18.2 Å². The van der Waals surface area contributed by atoms with Crippen LogP contribution in [0.5, 0.6) is 0 Å². The van der Waals surface area contributed by atoms with Crippen molar-refractivity contribution in [3.05, 3.63) is 34.1 Å². The van der Waals surface area contributed by atoms with Crippen LogP contribution in [0.15, 0.2) is 22.7 Å². The molecule has 0 aromatic heterocycles. The summed E-state index contributed by atoms with van der Waals surface area (Å²) in [5, 5.41) is 2.94. The van der Waals surface area contributed by atoms with Crippen molar-refractivity contribution >= 4 is 15.9 Å². The summed E-state index contributed by atoms with van der Waals surface area (Å²) in [6.07, 6.45) is 5.30. The molecule has 0 amide bonds. The van der Waals surface area contributed by atoms with Gasteiger partial charge in [0, 0.05) is 4.47 Å². The van der Waals surface area contributed by atoms with E-state index in [0.29, 0.717) is 4.47 Å². The Balaban J connectivity index is 3.09. The molecule has 13 heavy (non-hydrogen) atoms. The Morgan fingerprint density at radius 2 is 2.31 bits per heavy atom. The van der Waals surface area contributed by atoms with E-state index in [-0.39, 0.29) is 11.9 Å². The predicted octanol–water partition coefficient (Wildman–Crippen LogP) is 2.48. The van der Waals surface area contributed by atoms with E-state index in [1.54, 1.807) is 13.1 Å². The zero-order valence-electron chi connectivity index (χ0n) is 7.14. The second kappa shape index (κ2) is 4.40. The van der Waals surface area contributed by atoms with Crippen LogP contribution in [0.25, 0.3) is 0 Å². The SMILES string of the molecule is C#CC(NC)c1ccc(F)cc1Br. The van der Waals surface area contributed by atoms with Crippen LogP contribution in [0.2, 0.25) is 0 Å². The monoisotopic (exact) mass is 241 g/mol. The van der Waals surface area contributed by atoms with Crippen molar-refractivity contribution in [2.45, 2.75) is 6.04 Å². The fourth-order valence-corrected chi connectivity index (χ4v) is 1.64. The van der Waals surface area contributed by atoms with E-state index in [1.807, 2.05) is 0 Å². The van der Waals surface area contributed by atoms with Crippen molar-refractivity contribution in [1.82, 2.24) is 5.32 Å². The number of terminal acetylenes is 1. The Morgan fingerprint density at radius 3 is 2.77 bits per heavy atom. The molecule has 68 valence electrons. The van der Waals surface area contributed by atoms with E-state index in [1.165, 1.54) is 12.1 Å². The normalized spacial score (nSPS) is 12.2. The van der Waals surface area contributed by atoms with Crippen molar-refractivity contribution in [3.63, 3.8) is 0 Å². The summed E-state index contributed by atoms with van der Waals surface area (Å²) in [5.41, 5.74) is 0.867. The largest absolute Gasteiger partial charge is 0.303 e. The minimum absolute atomic E-state index is 0.185. The Labute approximate surface area is 85.5 Å². The first-order valence-corrected chi connectivity index (χ1v) is 4.56. The van der Waals surface area contributed by atoms with Crippen LogP contribution in [0.4, 0.5) is 4.39 Å². The van der Waals surface area contributed by atoms with E-state index < -0.39 is 0 Å². The molecule has 0 aliphatic rings. The number of hydrogen-bond acceptors (Lipinski definition) is 1. The lowest BCUT2D eigenvalue weighted by atomic mass is 10.1. The molecule has 0 aliphatic heterocycles. The van der Waals surface area contributed by atoms with Gasteiger partial charge >= 0.3 is 0 Å². The Hall–Kier alpha value is -0.850. The molecule has 0 bridgehead atoms. The van der Waals surface area contributed by atoms with Gasteiger partial charge in [-0.25, -0.2) is 4.39 Å². The minimum atomic E-state index is -0.275. The summed E-state index contributed by atoms with van der Waals surface area (Å²) in [7, 11) is 1.76. The van der Waals surface area contributed by atoms with E-state index in [9.17, 15) is 4.39 Å². The lowest BCUT2D eigenvalue weighted by Crippen LogP contribution is -2.14. The number of nitrogens with one attached hydrogen (secondary N) is 1. The number of hydrogen-bond donors (Lipinski definition) is 1. The fraction of sp³-hybridized carbons (Fsp3) is 0.200. The predicted molar refractivity (Wildman–Crippen MR) is 54.7 cm³/mol. The maximum atomic E-state index is 12.7. The maximum absolute atomic E-state index is 12.7. The average Bonchev–Trinajstić information content (AvgIpc) is 2.10. The first-order valence-electron chi connectivity index (χ1n) is 3.77. The fourth-order valence-electron chi connectivity index (χ4n) is 1.06. The third-order valence-electron chi connectivity index (χ3n) is 1.73. The molecule has 0 fully saturated rings. The summed E-state index contributed by atoms with van der Waals surface area (Å²) >= 11 is 3.25. The van der Waals surface area contributed by atoms with Gasteiger partial charge in [-0.15, -0.1) is 6.42 Å².